The highest BCUT2D eigenvalue weighted by molar-refractivity contribution is 6.34. The van der Waals surface area contributed by atoms with Gasteiger partial charge in [0.25, 0.3) is 0 Å². The second-order valence-corrected chi connectivity index (χ2v) is 8.89. The number of rotatable bonds is 1. The van der Waals surface area contributed by atoms with Crippen molar-refractivity contribution in [2.45, 2.75) is 10.8 Å². The molecule has 2 amide bonds. The van der Waals surface area contributed by atoms with E-state index in [1.807, 2.05) is 48.5 Å². The Morgan fingerprint density at radius 2 is 1.31 bits per heavy atom. The number of nitrogens with zero attached hydrogens (tertiary/aromatic N) is 1. The molecule has 142 valence electrons. The van der Waals surface area contributed by atoms with E-state index < -0.39 is 16.7 Å². The van der Waals surface area contributed by atoms with Crippen LogP contribution in [0.15, 0.2) is 72.8 Å². The third-order valence-electron chi connectivity index (χ3n) is 6.60. The molecule has 3 aromatic carbocycles. The molecule has 0 radical (unpaired) electrons. The van der Waals surface area contributed by atoms with E-state index in [2.05, 4.69) is 0 Å². The average molecular weight is 420 g/mol. The Bertz CT molecular complexity index is 1160. The van der Waals surface area contributed by atoms with Gasteiger partial charge in [-0.25, -0.2) is 4.90 Å². The summed E-state index contributed by atoms with van der Waals surface area (Å²) in [5.41, 5.74) is 4.49. The number of benzene rings is 3. The first-order valence-electron chi connectivity index (χ1n) is 9.54. The standard InChI is InChI=1S/C24H15Cl2NO2/c25-13-9-11-14(12-10-13)27-22(28)20-19-15-5-1-3-7-17(15)24(26,21(20)23(27)29)18-8-4-2-6-16(18)19/h1-12,19-21H/t19?,20-,21-,24?/m0/s1. The van der Waals surface area contributed by atoms with Gasteiger partial charge < -0.3 is 0 Å². The van der Waals surface area contributed by atoms with Crippen LogP contribution in [0.2, 0.25) is 5.02 Å². The molecule has 0 aromatic heterocycles. The molecule has 5 heteroatoms. The van der Waals surface area contributed by atoms with E-state index in [-0.39, 0.29) is 17.7 Å². The summed E-state index contributed by atoms with van der Waals surface area (Å²) in [6, 6.07) is 22.7. The molecule has 4 aliphatic rings. The fraction of sp³-hybridized carbons (Fsp3) is 0.167. The number of anilines is 1. The predicted molar refractivity (Wildman–Crippen MR) is 112 cm³/mol. The molecule has 3 aromatic rings. The molecule has 1 fully saturated rings. The van der Waals surface area contributed by atoms with Crippen LogP contribution in [0.4, 0.5) is 5.69 Å². The van der Waals surface area contributed by atoms with Crippen molar-refractivity contribution in [3.05, 3.63) is 100 Å². The first-order valence-corrected chi connectivity index (χ1v) is 10.3. The minimum absolute atomic E-state index is 0.179. The first-order chi connectivity index (χ1) is 14.0. The summed E-state index contributed by atoms with van der Waals surface area (Å²) in [5, 5.41) is 0.555. The van der Waals surface area contributed by atoms with Crippen LogP contribution in [-0.4, -0.2) is 11.8 Å². The van der Waals surface area contributed by atoms with Crippen LogP contribution >= 0.6 is 23.2 Å². The summed E-state index contributed by atoms with van der Waals surface area (Å²) in [5.74, 6) is -1.77. The monoisotopic (exact) mass is 419 g/mol. The molecule has 1 heterocycles. The molecular formula is C24H15Cl2NO2. The summed E-state index contributed by atoms with van der Waals surface area (Å²) < 4.78 is 0. The largest absolute Gasteiger partial charge is 0.274 e. The van der Waals surface area contributed by atoms with E-state index >= 15 is 0 Å². The average Bonchev–Trinajstić information content (AvgIpc) is 3.01. The molecule has 1 aliphatic heterocycles. The smallest absolute Gasteiger partial charge is 0.240 e. The van der Waals surface area contributed by atoms with E-state index in [0.717, 1.165) is 22.3 Å². The number of hydrogen-bond acceptors (Lipinski definition) is 2. The summed E-state index contributed by atoms with van der Waals surface area (Å²) >= 11 is 13.4. The SMILES string of the molecule is O=C1[C@@H]2[C@@H](C(=O)N1c1ccc(Cl)cc1)C1c3ccccc3C2(Cl)c2ccccc21. The van der Waals surface area contributed by atoms with Crippen molar-refractivity contribution in [3.8, 4) is 0 Å². The molecule has 0 spiro atoms. The molecule has 0 saturated carbocycles. The number of imide groups is 1. The lowest BCUT2D eigenvalue weighted by atomic mass is 9.54. The number of halogens is 2. The Balaban J connectivity index is 1.61. The van der Waals surface area contributed by atoms with Gasteiger partial charge >= 0.3 is 0 Å². The van der Waals surface area contributed by atoms with Crippen molar-refractivity contribution in [3.63, 3.8) is 0 Å². The van der Waals surface area contributed by atoms with E-state index in [0.29, 0.717) is 10.7 Å². The molecule has 2 bridgehead atoms. The van der Waals surface area contributed by atoms with E-state index in [1.165, 1.54) is 4.90 Å². The molecular weight excluding hydrogens is 405 g/mol. The van der Waals surface area contributed by atoms with Gasteiger partial charge in [0.2, 0.25) is 11.8 Å². The number of carbonyl (C=O) groups is 2. The van der Waals surface area contributed by atoms with Gasteiger partial charge in [0.15, 0.2) is 0 Å². The number of amides is 2. The Hall–Kier alpha value is -2.62. The van der Waals surface area contributed by atoms with Crippen LogP contribution in [0.5, 0.6) is 0 Å². The Morgan fingerprint density at radius 1 is 0.759 bits per heavy atom. The lowest BCUT2D eigenvalue weighted by molar-refractivity contribution is -0.122. The minimum atomic E-state index is -1.06. The summed E-state index contributed by atoms with van der Waals surface area (Å²) in [4.78, 5) is 27.5. The fourth-order valence-electron chi connectivity index (χ4n) is 5.52. The van der Waals surface area contributed by atoms with Crippen LogP contribution in [0.25, 0.3) is 0 Å². The van der Waals surface area contributed by atoms with Crippen molar-refractivity contribution < 1.29 is 9.59 Å². The molecule has 7 rings (SSSR count). The van der Waals surface area contributed by atoms with Gasteiger partial charge in [-0.1, -0.05) is 60.1 Å². The van der Waals surface area contributed by atoms with Crippen LogP contribution in [0, 0.1) is 11.8 Å². The minimum Gasteiger partial charge on any atom is -0.274 e. The van der Waals surface area contributed by atoms with Crippen LogP contribution in [0.1, 0.15) is 28.2 Å². The predicted octanol–water partition coefficient (Wildman–Crippen LogP) is 5.09. The molecule has 29 heavy (non-hydrogen) atoms. The highest BCUT2D eigenvalue weighted by Crippen LogP contribution is 2.65. The molecule has 1 saturated heterocycles. The zero-order chi connectivity index (χ0) is 19.9. The Morgan fingerprint density at radius 3 is 1.90 bits per heavy atom. The first kappa shape index (κ1) is 17.3. The zero-order valence-corrected chi connectivity index (χ0v) is 16.7. The van der Waals surface area contributed by atoms with Crippen molar-refractivity contribution >= 4 is 40.7 Å². The van der Waals surface area contributed by atoms with Crippen molar-refractivity contribution in [1.29, 1.82) is 0 Å². The molecule has 3 aliphatic carbocycles. The highest BCUT2D eigenvalue weighted by atomic mass is 35.5. The number of carbonyl (C=O) groups excluding carboxylic acids is 2. The van der Waals surface area contributed by atoms with Gasteiger partial charge in [-0.05, 0) is 46.5 Å². The third-order valence-corrected chi connectivity index (χ3v) is 7.49. The quantitative estimate of drug-likeness (QED) is 0.407. The lowest BCUT2D eigenvalue weighted by Crippen LogP contribution is -2.50. The number of alkyl halides is 1. The molecule has 0 unspecified atom stereocenters. The number of hydrogen-bond donors (Lipinski definition) is 0. The van der Waals surface area contributed by atoms with Gasteiger partial charge in [0.1, 0.15) is 4.87 Å². The van der Waals surface area contributed by atoms with E-state index in [1.54, 1.807) is 24.3 Å². The topological polar surface area (TPSA) is 37.4 Å². The van der Waals surface area contributed by atoms with Gasteiger partial charge in [-0.3, -0.25) is 9.59 Å². The molecule has 3 nitrogen and oxygen atoms in total. The van der Waals surface area contributed by atoms with Gasteiger partial charge in [0, 0.05) is 10.9 Å². The van der Waals surface area contributed by atoms with Crippen molar-refractivity contribution in [2.75, 3.05) is 4.90 Å². The summed E-state index contributed by atoms with van der Waals surface area (Å²) in [7, 11) is 0. The molecule has 0 N–H and O–H groups in total. The summed E-state index contributed by atoms with van der Waals surface area (Å²) in [6.45, 7) is 0. The Kier molecular flexibility index (Phi) is 3.40. The van der Waals surface area contributed by atoms with Crippen LogP contribution < -0.4 is 4.90 Å². The van der Waals surface area contributed by atoms with Crippen molar-refractivity contribution in [2.24, 2.45) is 11.8 Å². The maximum absolute atomic E-state index is 13.6. The maximum atomic E-state index is 13.6. The fourth-order valence-corrected chi connectivity index (χ4v) is 6.22. The highest BCUT2D eigenvalue weighted by Gasteiger charge is 2.67. The molecule has 2 atom stereocenters. The van der Waals surface area contributed by atoms with Crippen molar-refractivity contribution in [1.82, 2.24) is 0 Å². The Labute approximate surface area is 177 Å². The maximum Gasteiger partial charge on any atom is 0.240 e. The summed E-state index contributed by atoms with van der Waals surface area (Å²) in [6.07, 6.45) is 0. The van der Waals surface area contributed by atoms with Gasteiger partial charge in [-0.2, -0.15) is 0 Å². The van der Waals surface area contributed by atoms with E-state index in [9.17, 15) is 9.59 Å². The van der Waals surface area contributed by atoms with E-state index in [4.69, 9.17) is 23.2 Å². The lowest BCUT2D eigenvalue weighted by Gasteiger charge is -2.50. The second-order valence-electron chi connectivity index (χ2n) is 7.86. The second kappa shape index (κ2) is 5.71. The van der Waals surface area contributed by atoms with Gasteiger partial charge in [-0.15, -0.1) is 11.6 Å². The zero-order valence-electron chi connectivity index (χ0n) is 15.2. The third kappa shape index (κ3) is 2.00. The van der Waals surface area contributed by atoms with Gasteiger partial charge in [0.05, 0.1) is 17.5 Å². The van der Waals surface area contributed by atoms with Crippen LogP contribution in [-0.2, 0) is 14.5 Å². The van der Waals surface area contributed by atoms with Crippen LogP contribution in [0.3, 0.4) is 0 Å². The normalized spacial score (nSPS) is 28.9.